The third kappa shape index (κ3) is 2.61. The summed E-state index contributed by atoms with van der Waals surface area (Å²) in [6, 6.07) is 7.93. The second-order valence-corrected chi connectivity index (χ2v) is 5.36. The fourth-order valence-corrected chi connectivity index (χ4v) is 2.50. The summed E-state index contributed by atoms with van der Waals surface area (Å²) < 4.78 is 10.8. The number of aliphatic hydroxyl groups is 1. The van der Waals surface area contributed by atoms with E-state index in [2.05, 4.69) is 5.32 Å². The number of fused-ring (bicyclic) bond motifs is 1. The number of hydrogen-bond donors (Lipinski definition) is 2. The Morgan fingerprint density at radius 2 is 2.23 bits per heavy atom. The molecule has 2 heterocycles. The van der Waals surface area contributed by atoms with Crippen molar-refractivity contribution in [2.24, 2.45) is 0 Å². The normalized spacial score (nSPS) is 12.5. The molecule has 0 radical (unpaired) electrons. The lowest BCUT2D eigenvalue weighted by molar-refractivity contribution is 0.0880. The summed E-state index contributed by atoms with van der Waals surface area (Å²) in [7, 11) is 0. The summed E-state index contributed by atoms with van der Waals surface area (Å²) in [6.07, 6.45) is 1.48. The van der Waals surface area contributed by atoms with Gasteiger partial charge < -0.3 is 19.3 Å². The molecule has 6 heteroatoms. The standard InChI is InChI=1S/C16H14ClNO4/c1-9-11-7-10(17)4-5-13(11)22-15(9)16(20)18-12(8-19)14-3-2-6-21-14/h2-7,12,19H,8H2,1H3,(H,18,20). The third-order valence-electron chi connectivity index (χ3n) is 3.48. The molecule has 3 aromatic rings. The van der Waals surface area contributed by atoms with Crippen LogP contribution in [0.2, 0.25) is 5.02 Å². The molecule has 0 spiro atoms. The zero-order chi connectivity index (χ0) is 15.7. The average Bonchev–Trinajstić information content (AvgIpc) is 3.14. The number of amides is 1. The maximum absolute atomic E-state index is 12.4. The van der Waals surface area contributed by atoms with Crippen LogP contribution >= 0.6 is 11.6 Å². The molecule has 0 bridgehead atoms. The molecule has 0 saturated heterocycles. The van der Waals surface area contributed by atoms with Crippen molar-refractivity contribution < 1.29 is 18.7 Å². The fraction of sp³-hybridized carbons (Fsp3) is 0.188. The lowest BCUT2D eigenvalue weighted by Crippen LogP contribution is -2.30. The Bertz CT molecular complexity index is 807. The SMILES string of the molecule is Cc1c(C(=O)NC(CO)c2ccco2)oc2ccc(Cl)cc12. The maximum Gasteiger partial charge on any atom is 0.287 e. The van der Waals surface area contributed by atoms with E-state index in [1.165, 1.54) is 6.26 Å². The van der Waals surface area contributed by atoms with Gasteiger partial charge in [-0.1, -0.05) is 11.6 Å². The largest absolute Gasteiger partial charge is 0.467 e. The molecule has 1 unspecified atom stereocenters. The number of nitrogens with one attached hydrogen (secondary N) is 1. The van der Waals surface area contributed by atoms with Crippen LogP contribution in [0.5, 0.6) is 0 Å². The van der Waals surface area contributed by atoms with Crippen molar-refractivity contribution in [2.45, 2.75) is 13.0 Å². The Morgan fingerprint density at radius 3 is 2.91 bits per heavy atom. The highest BCUT2D eigenvalue weighted by atomic mass is 35.5. The minimum absolute atomic E-state index is 0.197. The van der Waals surface area contributed by atoms with E-state index in [1.54, 1.807) is 37.3 Å². The van der Waals surface area contributed by atoms with Crippen molar-refractivity contribution in [2.75, 3.05) is 6.61 Å². The average molecular weight is 320 g/mol. The molecule has 1 aromatic carbocycles. The summed E-state index contributed by atoms with van der Waals surface area (Å²) in [4.78, 5) is 12.4. The molecule has 3 rings (SSSR count). The van der Waals surface area contributed by atoms with Crippen LogP contribution in [0.15, 0.2) is 45.4 Å². The summed E-state index contributed by atoms with van der Waals surface area (Å²) in [5.74, 6) is 0.259. The van der Waals surface area contributed by atoms with Gasteiger partial charge in [-0.05, 0) is 37.3 Å². The van der Waals surface area contributed by atoms with Crippen LogP contribution in [0.4, 0.5) is 0 Å². The van der Waals surface area contributed by atoms with Crippen LogP contribution in [0.1, 0.15) is 27.9 Å². The molecule has 0 saturated carbocycles. The van der Waals surface area contributed by atoms with Crippen LogP contribution in [0.3, 0.4) is 0 Å². The Balaban J connectivity index is 1.90. The smallest absolute Gasteiger partial charge is 0.287 e. The Hall–Kier alpha value is -2.24. The molecule has 0 fully saturated rings. The van der Waals surface area contributed by atoms with Crippen molar-refractivity contribution in [1.29, 1.82) is 0 Å². The molecule has 22 heavy (non-hydrogen) atoms. The van der Waals surface area contributed by atoms with E-state index in [4.69, 9.17) is 20.4 Å². The highest BCUT2D eigenvalue weighted by Crippen LogP contribution is 2.28. The minimum Gasteiger partial charge on any atom is -0.467 e. The first-order chi connectivity index (χ1) is 10.6. The molecular formula is C16H14ClNO4. The molecule has 1 atom stereocenters. The number of benzene rings is 1. The molecule has 2 aromatic heterocycles. The number of rotatable bonds is 4. The first-order valence-electron chi connectivity index (χ1n) is 6.74. The van der Waals surface area contributed by atoms with Gasteiger partial charge in [0, 0.05) is 16.0 Å². The van der Waals surface area contributed by atoms with Crippen LogP contribution < -0.4 is 5.32 Å². The van der Waals surface area contributed by atoms with Gasteiger partial charge in [0.25, 0.3) is 5.91 Å². The predicted molar refractivity (Wildman–Crippen MR) is 82.0 cm³/mol. The van der Waals surface area contributed by atoms with Crippen molar-refractivity contribution in [1.82, 2.24) is 5.32 Å². The van der Waals surface area contributed by atoms with Crippen LogP contribution in [0.25, 0.3) is 11.0 Å². The third-order valence-corrected chi connectivity index (χ3v) is 3.71. The second kappa shape index (κ2) is 5.87. The number of furan rings is 2. The molecule has 5 nitrogen and oxygen atoms in total. The van der Waals surface area contributed by atoms with E-state index < -0.39 is 11.9 Å². The number of carbonyl (C=O) groups is 1. The summed E-state index contributed by atoms with van der Waals surface area (Å²) in [5.41, 5.74) is 1.29. The van der Waals surface area contributed by atoms with Gasteiger partial charge >= 0.3 is 0 Å². The van der Waals surface area contributed by atoms with E-state index in [1.807, 2.05) is 0 Å². The van der Waals surface area contributed by atoms with Gasteiger partial charge in [0.05, 0.1) is 12.9 Å². The molecular weight excluding hydrogens is 306 g/mol. The van der Waals surface area contributed by atoms with Crippen molar-refractivity contribution in [3.63, 3.8) is 0 Å². The Kier molecular flexibility index (Phi) is 3.92. The fourth-order valence-electron chi connectivity index (χ4n) is 2.33. The zero-order valence-corrected chi connectivity index (χ0v) is 12.6. The van der Waals surface area contributed by atoms with Crippen LogP contribution in [0, 0.1) is 6.92 Å². The number of halogens is 1. The molecule has 114 valence electrons. The van der Waals surface area contributed by atoms with Crippen molar-refractivity contribution in [3.05, 3.63) is 58.7 Å². The zero-order valence-electron chi connectivity index (χ0n) is 11.8. The van der Waals surface area contributed by atoms with Crippen molar-refractivity contribution >= 4 is 28.5 Å². The van der Waals surface area contributed by atoms with E-state index in [-0.39, 0.29) is 12.4 Å². The van der Waals surface area contributed by atoms with Crippen molar-refractivity contribution in [3.8, 4) is 0 Å². The van der Waals surface area contributed by atoms with E-state index >= 15 is 0 Å². The second-order valence-electron chi connectivity index (χ2n) is 4.92. The lowest BCUT2D eigenvalue weighted by atomic mass is 10.1. The van der Waals surface area contributed by atoms with Gasteiger partial charge in [-0.25, -0.2) is 0 Å². The van der Waals surface area contributed by atoms with Gasteiger partial charge in [-0.3, -0.25) is 4.79 Å². The van der Waals surface area contributed by atoms with Crippen LogP contribution in [-0.4, -0.2) is 17.6 Å². The number of hydrogen-bond acceptors (Lipinski definition) is 4. The quantitative estimate of drug-likeness (QED) is 0.772. The van der Waals surface area contributed by atoms with E-state index in [9.17, 15) is 9.90 Å². The molecule has 0 aliphatic carbocycles. The first kappa shape index (κ1) is 14.7. The maximum atomic E-state index is 12.4. The summed E-state index contributed by atoms with van der Waals surface area (Å²) in [6.45, 7) is 1.52. The van der Waals surface area contributed by atoms with Crippen LogP contribution in [-0.2, 0) is 0 Å². The van der Waals surface area contributed by atoms with E-state index in [0.29, 0.717) is 21.9 Å². The molecule has 0 aliphatic heterocycles. The monoisotopic (exact) mass is 319 g/mol. The van der Waals surface area contributed by atoms with Gasteiger partial charge in [0.2, 0.25) is 0 Å². The Labute approximate surface area is 131 Å². The topological polar surface area (TPSA) is 75.6 Å². The number of aryl methyl sites for hydroxylation is 1. The van der Waals surface area contributed by atoms with Gasteiger partial charge in [0.15, 0.2) is 5.76 Å². The highest BCUT2D eigenvalue weighted by Gasteiger charge is 2.22. The van der Waals surface area contributed by atoms with E-state index in [0.717, 1.165) is 5.39 Å². The molecule has 2 N–H and O–H groups in total. The lowest BCUT2D eigenvalue weighted by Gasteiger charge is -2.12. The summed E-state index contributed by atoms with van der Waals surface area (Å²) in [5, 5.41) is 13.5. The van der Waals surface area contributed by atoms with Gasteiger partial charge in [0.1, 0.15) is 17.4 Å². The first-order valence-corrected chi connectivity index (χ1v) is 7.11. The summed E-state index contributed by atoms with van der Waals surface area (Å²) >= 11 is 5.97. The molecule has 0 aliphatic rings. The number of aliphatic hydroxyl groups excluding tert-OH is 1. The molecule has 1 amide bonds. The minimum atomic E-state index is -0.626. The van der Waals surface area contributed by atoms with Gasteiger partial charge in [-0.2, -0.15) is 0 Å². The highest BCUT2D eigenvalue weighted by molar-refractivity contribution is 6.31. The number of carbonyl (C=O) groups excluding carboxylic acids is 1. The van der Waals surface area contributed by atoms with Gasteiger partial charge in [-0.15, -0.1) is 0 Å². The Morgan fingerprint density at radius 1 is 1.41 bits per heavy atom. The predicted octanol–water partition coefficient (Wildman–Crippen LogP) is 3.45.